The maximum Gasteiger partial charge on any atom is 0.408 e. The molecule has 2 atom stereocenters. The second kappa shape index (κ2) is 12.0. The molecule has 2 amide bonds. The van der Waals surface area contributed by atoms with Crippen molar-refractivity contribution in [1.29, 1.82) is 5.26 Å². The largest absolute Gasteiger partial charge is 0.436 e. The lowest BCUT2D eigenvalue weighted by Crippen LogP contribution is -2.57. The van der Waals surface area contributed by atoms with Crippen LogP contribution in [-0.2, 0) is 16.1 Å². The van der Waals surface area contributed by atoms with Crippen molar-refractivity contribution in [3.63, 3.8) is 0 Å². The van der Waals surface area contributed by atoms with Gasteiger partial charge in [-0.25, -0.2) is 4.79 Å². The van der Waals surface area contributed by atoms with Crippen LogP contribution in [0.3, 0.4) is 0 Å². The molecule has 2 unspecified atom stereocenters. The normalized spacial score (nSPS) is 21.9. The highest BCUT2D eigenvalue weighted by molar-refractivity contribution is 5.84. The van der Waals surface area contributed by atoms with Crippen molar-refractivity contribution in [3.8, 4) is 6.07 Å². The number of amides is 2. The lowest BCUT2D eigenvalue weighted by atomic mass is 9.86. The molecule has 180 valence electrons. The van der Waals surface area contributed by atoms with Gasteiger partial charge in [0.15, 0.2) is 6.10 Å². The fourth-order valence-corrected chi connectivity index (χ4v) is 4.91. The summed E-state index contributed by atoms with van der Waals surface area (Å²) in [6, 6.07) is 12.0. The fraction of sp³-hybridized carbons (Fsp3) is 0.654. The molecule has 1 saturated carbocycles. The van der Waals surface area contributed by atoms with Crippen LogP contribution >= 0.6 is 0 Å². The number of carbonyl (C=O) groups is 2. The van der Waals surface area contributed by atoms with Crippen molar-refractivity contribution in [2.24, 2.45) is 11.8 Å². The van der Waals surface area contributed by atoms with Crippen LogP contribution in [0.2, 0.25) is 0 Å². The molecule has 7 heteroatoms. The first-order valence-electron chi connectivity index (χ1n) is 12.4. The lowest BCUT2D eigenvalue weighted by molar-refractivity contribution is -0.146. The van der Waals surface area contributed by atoms with Gasteiger partial charge in [-0.2, -0.15) is 5.26 Å². The third-order valence-corrected chi connectivity index (χ3v) is 6.78. The third-order valence-electron chi connectivity index (χ3n) is 6.78. The van der Waals surface area contributed by atoms with Crippen molar-refractivity contribution in [3.05, 3.63) is 35.9 Å². The zero-order valence-electron chi connectivity index (χ0n) is 20.0. The smallest absolute Gasteiger partial charge is 0.408 e. The van der Waals surface area contributed by atoms with E-state index in [9.17, 15) is 14.9 Å². The standard InChI is InChI=1S/C26H38N4O3/c1-20(2)15-23(33-25(32)29-16-21-9-5-3-6-10-21)24(31)30(17-22-11-7-4-8-12-22)26(18-27)13-14-28-19-26/h3,5-6,9-10,20,22-23,28H,4,7-8,11-17,19H2,1-2H3,(H,29,32). The van der Waals surface area contributed by atoms with Crippen molar-refractivity contribution < 1.29 is 14.3 Å². The average Bonchev–Trinajstić information content (AvgIpc) is 3.31. The van der Waals surface area contributed by atoms with Gasteiger partial charge < -0.3 is 20.3 Å². The number of alkyl carbamates (subject to hydrolysis) is 1. The lowest BCUT2D eigenvalue weighted by Gasteiger charge is -2.40. The highest BCUT2D eigenvalue weighted by Crippen LogP contribution is 2.31. The van der Waals surface area contributed by atoms with Gasteiger partial charge in [0.25, 0.3) is 5.91 Å². The van der Waals surface area contributed by atoms with E-state index in [0.29, 0.717) is 44.9 Å². The van der Waals surface area contributed by atoms with Crippen LogP contribution in [-0.4, -0.2) is 48.2 Å². The molecule has 1 aliphatic carbocycles. The Morgan fingerprint density at radius 3 is 2.58 bits per heavy atom. The minimum absolute atomic E-state index is 0.164. The molecule has 2 fully saturated rings. The number of hydrogen-bond donors (Lipinski definition) is 2. The number of carbonyl (C=O) groups excluding carboxylic acids is 2. The van der Waals surface area contributed by atoms with Gasteiger partial charge in [0, 0.05) is 19.6 Å². The van der Waals surface area contributed by atoms with Crippen molar-refractivity contribution >= 4 is 12.0 Å². The van der Waals surface area contributed by atoms with Crippen LogP contribution in [0.5, 0.6) is 0 Å². The first kappa shape index (κ1) is 25.0. The molecule has 3 rings (SSSR count). The number of nitrogens with zero attached hydrogens (tertiary/aromatic N) is 2. The SMILES string of the molecule is CC(C)CC(OC(=O)NCc1ccccc1)C(=O)N(CC1CCCCC1)C1(C#N)CCNC1. The Morgan fingerprint density at radius 1 is 1.24 bits per heavy atom. The summed E-state index contributed by atoms with van der Waals surface area (Å²) < 4.78 is 5.69. The quantitative estimate of drug-likeness (QED) is 0.588. The summed E-state index contributed by atoms with van der Waals surface area (Å²) in [4.78, 5) is 28.2. The molecule has 33 heavy (non-hydrogen) atoms. The first-order chi connectivity index (χ1) is 15.9. The van der Waals surface area contributed by atoms with E-state index in [-0.39, 0.29) is 11.8 Å². The number of hydrogen-bond acceptors (Lipinski definition) is 5. The summed E-state index contributed by atoms with van der Waals surface area (Å²) in [6.07, 6.45) is 5.22. The molecule has 0 radical (unpaired) electrons. The Hall–Kier alpha value is -2.59. The number of nitrogens with one attached hydrogen (secondary N) is 2. The average molecular weight is 455 g/mol. The summed E-state index contributed by atoms with van der Waals surface area (Å²) in [5.74, 6) is 0.312. The Labute approximate surface area is 197 Å². The van der Waals surface area contributed by atoms with E-state index < -0.39 is 17.7 Å². The van der Waals surface area contributed by atoms with Gasteiger partial charge in [-0.15, -0.1) is 0 Å². The zero-order valence-corrected chi connectivity index (χ0v) is 20.0. The highest BCUT2D eigenvalue weighted by atomic mass is 16.6. The van der Waals surface area contributed by atoms with E-state index >= 15 is 0 Å². The van der Waals surface area contributed by atoms with Crippen LogP contribution in [0.25, 0.3) is 0 Å². The maximum absolute atomic E-state index is 13.9. The molecule has 1 aliphatic heterocycles. The van der Waals surface area contributed by atoms with Crippen molar-refractivity contribution in [2.45, 2.75) is 77.0 Å². The van der Waals surface area contributed by atoms with Crippen molar-refractivity contribution in [1.82, 2.24) is 15.5 Å². The Balaban J connectivity index is 1.74. The Morgan fingerprint density at radius 2 is 1.97 bits per heavy atom. The summed E-state index contributed by atoms with van der Waals surface area (Å²) in [6.45, 7) is 6.06. The van der Waals surface area contributed by atoms with E-state index in [1.807, 2.05) is 44.2 Å². The summed E-state index contributed by atoms with van der Waals surface area (Å²) in [5.41, 5.74) is 0.0776. The van der Waals surface area contributed by atoms with Crippen LogP contribution in [0.4, 0.5) is 4.79 Å². The van der Waals surface area contributed by atoms with E-state index in [1.54, 1.807) is 4.90 Å². The molecule has 0 aromatic heterocycles. The molecule has 2 aliphatic rings. The first-order valence-corrected chi connectivity index (χ1v) is 12.4. The van der Waals surface area contributed by atoms with Crippen LogP contribution < -0.4 is 10.6 Å². The Kier molecular flexibility index (Phi) is 9.13. The van der Waals surface area contributed by atoms with Gasteiger partial charge in [0.05, 0.1) is 6.07 Å². The summed E-state index contributed by atoms with van der Waals surface area (Å²) in [7, 11) is 0. The summed E-state index contributed by atoms with van der Waals surface area (Å²) >= 11 is 0. The van der Waals surface area contributed by atoms with Crippen LogP contribution in [0.15, 0.2) is 30.3 Å². The number of nitriles is 1. The maximum atomic E-state index is 13.9. The molecule has 1 heterocycles. The summed E-state index contributed by atoms with van der Waals surface area (Å²) in [5, 5.41) is 16.1. The fourth-order valence-electron chi connectivity index (χ4n) is 4.91. The molecule has 1 aromatic rings. The van der Waals surface area contributed by atoms with Gasteiger partial charge >= 0.3 is 6.09 Å². The number of ether oxygens (including phenoxy) is 1. The minimum atomic E-state index is -0.907. The molecule has 0 spiro atoms. The molecular weight excluding hydrogens is 416 g/mol. The van der Waals surface area contributed by atoms with Crippen molar-refractivity contribution in [2.75, 3.05) is 19.6 Å². The molecule has 7 nitrogen and oxygen atoms in total. The topological polar surface area (TPSA) is 94.5 Å². The second-order valence-electron chi connectivity index (χ2n) is 9.89. The van der Waals surface area contributed by atoms with E-state index in [1.165, 1.54) is 6.42 Å². The predicted molar refractivity (Wildman–Crippen MR) is 127 cm³/mol. The minimum Gasteiger partial charge on any atom is -0.436 e. The van der Waals surface area contributed by atoms with E-state index in [2.05, 4.69) is 16.7 Å². The van der Waals surface area contributed by atoms with Gasteiger partial charge in [-0.1, -0.05) is 63.4 Å². The van der Waals surface area contributed by atoms with E-state index in [4.69, 9.17) is 4.74 Å². The van der Waals surface area contributed by atoms with Crippen LogP contribution in [0.1, 0.15) is 64.4 Å². The van der Waals surface area contributed by atoms with Gasteiger partial charge in [0.2, 0.25) is 0 Å². The second-order valence-corrected chi connectivity index (χ2v) is 9.89. The molecule has 2 N–H and O–H groups in total. The predicted octanol–water partition coefficient (Wildman–Crippen LogP) is 3.99. The zero-order chi connectivity index (χ0) is 23.7. The van der Waals surface area contributed by atoms with E-state index in [0.717, 1.165) is 31.2 Å². The number of rotatable bonds is 9. The Bertz CT molecular complexity index is 809. The molecule has 1 saturated heterocycles. The third kappa shape index (κ3) is 6.94. The molecule has 1 aromatic carbocycles. The van der Waals surface area contributed by atoms with Gasteiger partial charge in [0.1, 0.15) is 5.54 Å². The molecular formula is C26H38N4O3. The van der Waals surface area contributed by atoms with Gasteiger partial charge in [-0.3, -0.25) is 4.79 Å². The number of benzene rings is 1. The van der Waals surface area contributed by atoms with Gasteiger partial charge in [-0.05, 0) is 49.6 Å². The highest BCUT2D eigenvalue weighted by Gasteiger charge is 2.46. The van der Waals surface area contributed by atoms with Crippen LogP contribution in [0, 0.1) is 23.2 Å². The molecule has 0 bridgehead atoms. The monoisotopic (exact) mass is 454 g/mol.